The zero-order chi connectivity index (χ0) is 12.3. The summed E-state index contributed by atoms with van der Waals surface area (Å²) in [7, 11) is 0. The smallest absolute Gasteiger partial charge is 0.147 e. The molecule has 0 unspecified atom stereocenters. The van der Waals surface area contributed by atoms with Gasteiger partial charge in [0.1, 0.15) is 10.8 Å². The van der Waals surface area contributed by atoms with Gasteiger partial charge in [-0.3, -0.25) is 4.79 Å². The zero-order valence-corrected chi connectivity index (χ0v) is 10.9. The van der Waals surface area contributed by atoms with Crippen molar-refractivity contribution in [2.24, 2.45) is 11.1 Å². The van der Waals surface area contributed by atoms with E-state index < -0.39 is 0 Å². The Morgan fingerprint density at radius 1 is 1.59 bits per heavy atom. The van der Waals surface area contributed by atoms with Crippen molar-refractivity contribution < 1.29 is 9.53 Å². The van der Waals surface area contributed by atoms with Crippen molar-refractivity contribution in [3.05, 3.63) is 16.1 Å². The molecule has 0 aliphatic carbocycles. The van der Waals surface area contributed by atoms with Gasteiger partial charge in [0.15, 0.2) is 0 Å². The average molecular weight is 254 g/mol. The van der Waals surface area contributed by atoms with Crippen molar-refractivity contribution in [1.29, 1.82) is 0 Å². The van der Waals surface area contributed by atoms with Crippen LogP contribution < -0.4 is 5.73 Å². The third-order valence-corrected chi connectivity index (χ3v) is 4.38. The number of rotatable bonds is 4. The summed E-state index contributed by atoms with van der Waals surface area (Å²) in [6.07, 6.45) is 1.90. The van der Waals surface area contributed by atoms with Crippen LogP contribution in [0.4, 0.5) is 0 Å². The van der Waals surface area contributed by atoms with E-state index in [4.69, 9.17) is 10.5 Å². The first-order chi connectivity index (χ1) is 8.16. The van der Waals surface area contributed by atoms with Gasteiger partial charge in [-0.25, -0.2) is 4.98 Å². The Hall–Kier alpha value is -0.780. The Morgan fingerprint density at radius 3 is 2.82 bits per heavy atom. The summed E-state index contributed by atoms with van der Waals surface area (Å²) < 4.78 is 5.31. The van der Waals surface area contributed by atoms with Gasteiger partial charge >= 0.3 is 0 Å². The van der Waals surface area contributed by atoms with Crippen LogP contribution >= 0.6 is 11.3 Å². The van der Waals surface area contributed by atoms with Gasteiger partial charge in [0.25, 0.3) is 0 Å². The summed E-state index contributed by atoms with van der Waals surface area (Å²) in [5.74, 6) is 0.220. The molecule has 0 spiro atoms. The average Bonchev–Trinajstić information content (AvgIpc) is 2.75. The summed E-state index contributed by atoms with van der Waals surface area (Å²) in [6.45, 7) is 3.64. The van der Waals surface area contributed by atoms with Crippen molar-refractivity contribution >= 4 is 17.1 Å². The van der Waals surface area contributed by atoms with E-state index in [0.29, 0.717) is 26.2 Å². The standard InChI is InChI=1S/C12H18N2O2S/c1-9-7-17-11(14-9)6-10(15)12(8-13)2-4-16-5-3-12/h7H,2-6,8,13H2,1H3. The van der Waals surface area contributed by atoms with E-state index in [1.807, 2.05) is 12.3 Å². The van der Waals surface area contributed by atoms with Crippen LogP contribution in [0.2, 0.25) is 0 Å². The van der Waals surface area contributed by atoms with Crippen molar-refractivity contribution in [1.82, 2.24) is 4.98 Å². The van der Waals surface area contributed by atoms with E-state index in [2.05, 4.69) is 4.98 Å². The fourth-order valence-corrected chi connectivity index (χ4v) is 2.94. The van der Waals surface area contributed by atoms with E-state index >= 15 is 0 Å². The Kier molecular flexibility index (Phi) is 3.91. The number of ketones is 1. The van der Waals surface area contributed by atoms with Gasteiger partial charge in [-0.15, -0.1) is 11.3 Å². The SMILES string of the molecule is Cc1csc(CC(=O)C2(CN)CCOCC2)n1. The molecule has 5 heteroatoms. The molecule has 2 heterocycles. The first-order valence-electron chi connectivity index (χ1n) is 5.88. The lowest BCUT2D eigenvalue weighted by Crippen LogP contribution is -2.44. The first kappa shape index (κ1) is 12.7. The molecule has 0 amide bonds. The molecular formula is C12H18N2O2S. The largest absolute Gasteiger partial charge is 0.381 e. The number of thiazole rings is 1. The molecule has 0 radical (unpaired) electrons. The van der Waals surface area contributed by atoms with Crippen LogP contribution in [0.3, 0.4) is 0 Å². The summed E-state index contributed by atoms with van der Waals surface area (Å²) in [5, 5.41) is 2.87. The number of ether oxygens (including phenoxy) is 1. The molecule has 0 bridgehead atoms. The molecule has 0 saturated carbocycles. The quantitative estimate of drug-likeness (QED) is 0.880. The van der Waals surface area contributed by atoms with Crippen molar-refractivity contribution in [2.45, 2.75) is 26.2 Å². The highest BCUT2D eigenvalue weighted by atomic mass is 32.1. The van der Waals surface area contributed by atoms with Crippen LogP contribution in [0, 0.1) is 12.3 Å². The lowest BCUT2D eigenvalue weighted by Gasteiger charge is -2.34. The molecule has 1 fully saturated rings. The van der Waals surface area contributed by atoms with Crippen molar-refractivity contribution in [3.8, 4) is 0 Å². The Morgan fingerprint density at radius 2 is 2.29 bits per heavy atom. The van der Waals surface area contributed by atoms with Crippen molar-refractivity contribution in [2.75, 3.05) is 19.8 Å². The van der Waals surface area contributed by atoms with Gasteiger partial charge in [0.05, 0.1) is 6.42 Å². The number of carbonyl (C=O) groups is 1. The molecular weight excluding hydrogens is 236 g/mol. The number of Topliss-reactive ketones (excluding diaryl/α,β-unsaturated/α-hetero) is 1. The van der Waals surface area contributed by atoms with Crippen LogP contribution in [0.5, 0.6) is 0 Å². The second-order valence-corrected chi connectivity index (χ2v) is 5.52. The van der Waals surface area contributed by atoms with E-state index in [-0.39, 0.29) is 11.2 Å². The topological polar surface area (TPSA) is 65.2 Å². The summed E-state index contributed by atoms with van der Waals surface area (Å²) in [6, 6.07) is 0. The molecule has 1 aromatic rings. The summed E-state index contributed by atoms with van der Waals surface area (Å²) in [5.41, 5.74) is 6.41. The first-order valence-corrected chi connectivity index (χ1v) is 6.76. The van der Waals surface area contributed by atoms with Crippen LogP contribution in [-0.2, 0) is 16.0 Å². The molecule has 2 N–H and O–H groups in total. The molecule has 0 atom stereocenters. The fraction of sp³-hybridized carbons (Fsp3) is 0.667. The predicted molar refractivity (Wildman–Crippen MR) is 67.1 cm³/mol. The van der Waals surface area contributed by atoms with E-state index in [0.717, 1.165) is 23.5 Å². The lowest BCUT2D eigenvalue weighted by molar-refractivity contribution is -0.132. The third-order valence-electron chi connectivity index (χ3n) is 3.41. The second-order valence-electron chi connectivity index (χ2n) is 4.58. The Labute approximate surface area is 105 Å². The van der Waals surface area contributed by atoms with Crippen LogP contribution in [-0.4, -0.2) is 30.5 Å². The highest BCUT2D eigenvalue weighted by molar-refractivity contribution is 7.09. The van der Waals surface area contributed by atoms with Gasteiger partial charge in [-0.05, 0) is 19.8 Å². The number of aryl methyl sites for hydroxylation is 1. The highest BCUT2D eigenvalue weighted by Crippen LogP contribution is 2.31. The summed E-state index contributed by atoms with van der Waals surface area (Å²) in [4.78, 5) is 16.7. The number of hydrogen-bond donors (Lipinski definition) is 1. The third kappa shape index (κ3) is 2.73. The summed E-state index contributed by atoms with van der Waals surface area (Å²) >= 11 is 1.55. The van der Waals surface area contributed by atoms with E-state index in [9.17, 15) is 4.79 Å². The minimum absolute atomic E-state index is 0.220. The monoisotopic (exact) mass is 254 g/mol. The minimum atomic E-state index is -0.377. The molecule has 1 aliphatic heterocycles. The molecule has 0 aromatic carbocycles. The minimum Gasteiger partial charge on any atom is -0.381 e. The number of carbonyl (C=O) groups excluding carboxylic acids is 1. The number of nitrogens with zero attached hydrogens (tertiary/aromatic N) is 1. The second kappa shape index (κ2) is 5.25. The Balaban J connectivity index is 2.07. The predicted octanol–water partition coefficient (Wildman–Crippen LogP) is 1.32. The van der Waals surface area contributed by atoms with Gasteiger partial charge in [0, 0.05) is 36.2 Å². The van der Waals surface area contributed by atoms with Gasteiger partial charge in [0.2, 0.25) is 0 Å². The molecule has 2 rings (SSSR count). The van der Waals surface area contributed by atoms with Crippen LogP contribution in [0.1, 0.15) is 23.5 Å². The maximum atomic E-state index is 12.4. The number of hydrogen-bond acceptors (Lipinski definition) is 5. The maximum absolute atomic E-state index is 12.4. The van der Waals surface area contributed by atoms with Crippen molar-refractivity contribution in [3.63, 3.8) is 0 Å². The highest BCUT2D eigenvalue weighted by Gasteiger charge is 2.38. The zero-order valence-electron chi connectivity index (χ0n) is 10.1. The lowest BCUT2D eigenvalue weighted by atomic mass is 9.75. The molecule has 1 aliphatic rings. The maximum Gasteiger partial charge on any atom is 0.147 e. The molecule has 1 aromatic heterocycles. The van der Waals surface area contributed by atoms with Crippen LogP contribution in [0.15, 0.2) is 5.38 Å². The molecule has 17 heavy (non-hydrogen) atoms. The van der Waals surface area contributed by atoms with E-state index in [1.165, 1.54) is 0 Å². The number of nitrogens with two attached hydrogens (primary N) is 1. The molecule has 4 nitrogen and oxygen atoms in total. The Bertz CT molecular complexity index is 397. The van der Waals surface area contributed by atoms with Gasteiger partial charge in [-0.1, -0.05) is 0 Å². The van der Waals surface area contributed by atoms with E-state index in [1.54, 1.807) is 11.3 Å². The van der Waals surface area contributed by atoms with Gasteiger partial charge < -0.3 is 10.5 Å². The molecule has 1 saturated heterocycles. The van der Waals surface area contributed by atoms with Crippen LogP contribution in [0.25, 0.3) is 0 Å². The fourth-order valence-electron chi connectivity index (χ4n) is 2.17. The number of aromatic nitrogens is 1. The molecule has 94 valence electrons. The van der Waals surface area contributed by atoms with Gasteiger partial charge in [-0.2, -0.15) is 0 Å². The normalized spacial score (nSPS) is 19.2.